The third-order valence-electron chi connectivity index (χ3n) is 3.47. The topological polar surface area (TPSA) is 12.0 Å². The summed E-state index contributed by atoms with van der Waals surface area (Å²) in [7, 11) is 0. The van der Waals surface area contributed by atoms with Crippen molar-refractivity contribution in [1.29, 1.82) is 0 Å². The van der Waals surface area contributed by atoms with Crippen molar-refractivity contribution in [3.05, 3.63) is 34.6 Å². The van der Waals surface area contributed by atoms with Crippen molar-refractivity contribution in [2.24, 2.45) is 5.41 Å². The second-order valence-corrected chi connectivity index (χ2v) is 6.46. The average molecular weight is 286 g/mol. The van der Waals surface area contributed by atoms with E-state index in [1.807, 2.05) is 6.07 Å². The molecule has 0 aromatic heterocycles. The van der Waals surface area contributed by atoms with Gasteiger partial charge in [0.15, 0.2) is 0 Å². The van der Waals surface area contributed by atoms with E-state index < -0.39 is 0 Å². The molecule has 19 heavy (non-hydrogen) atoms. The van der Waals surface area contributed by atoms with Crippen LogP contribution in [0.5, 0.6) is 0 Å². The van der Waals surface area contributed by atoms with E-state index in [0.29, 0.717) is 6.04 Å². The molecule has 0 saturated carbocycles. The normalized spacial score (nSPS) is 13.6. The predicted molar refractivity (Wildman–Crippen MR) is 81.3 cm³/mol. The average Bonchev–Trinajstić information content (AvgIpc) is 2.32. The molecule has 0 radical (unpaired) electrons. The van der Waals surface area contributed by atoms with Gasteiger partial charge in [0.25, 0.3) is 0 Å². The second kappa shape index (κ2) is 7.25. The van der Waals surface area contributed by atoms with Gasteiger partial charge in [0.2, 0.25) is 0 Å². The molecule has 3 heteroatoms. The highest BCUT2D eigenvalue weighted by molar-refractivity contribution is 6.31. The summed E-state index contributed by atoms with van der Waals surface area (Å²) in [4.78, 5) is 0. The van der Waals surface area contributed by atoms with Crippen molar-refractivity contribution in [1.82, 2.24) is 5.32 Å². The smallest absolute Gasteiger partial charge is 0.142 e. The molecular weight excluding hydrogens is 261 g/mol. The summed E-state index contributed by atoms with van der Waals surface area (Å²) in [6.07, 6.45) is 2.91. The van der Waals surface area contributed by atoms with Gasteiger partial charge in [-0.25, -0.2) is 4.39 Å². The van der Waals surface area contributed by atoms with Gasteiger partial charge in [-0.2, -0.15) is 0 Å². The van der Waals surface area contributed by atoms with Crippen LogP contribution < -0.4 is 5.32 Å². The van der Waals surface area contributed by atoms with Gasteiger partial charge >= 0.3 is 0 Å². The summed E-state index contributed by atoms with van der Waals surface area (Å²) in [5.74, 6) is -0.321. The van der Waals surface area contributed by atoms with Gasteiger partial charge < -0.3 is 5.32 Å². The van der Waals surface area contributed by atoms with Gasteiger partial charge in [-0.3, -0.25) is 0 Å². The number of hydrogen-bond acceptors (Lipinski definition) is 1. The van der Waals surface area contributed by atoms with Gasteiger partial charge in [0.1, 0.15) is 5.82 Å². The van der Waals surface area contributed by atoms with E-state index in [0.717, 1.165) is 31.4 Å². The van der Waals surface area contributed by atoms with Crippen molar-refractivity contribution in [2.75, 3.05) is 6.54 Å². The van der Waals surface area contributed by atoms with Crippen LogP contribution in [0.15, 0.2) is 18.2 Å². The molecule has 0 fully saturated rings. The Bertz CT molecular complexity index is 398. The monoisotopic (exact) mass is 285 g/mol. The van der Waals surface area contributed by atoms with Crippen molar-refractivity contribution in [3.63, 3.8) is 0 Å². The fourth-order valence-corrected chi connectivity index (χ4v) is 2.55. The number of hydrogen-bond donors (Lipinski definition) is 1. The molecule has 0 aliphatic heterocycles. The first-order valence-electron chi connectivity index (χ1n) is 7.02. The number of halogens is 2. The summed E-state index contributed by atoms with van der Waals surface area (Å²) in [6.45, 7) is 9.84. The molecule has 0 aliphatic carbocycles. The van der Waals surface area contributed by atoms with Gasteiger partial charge in [0, 0.05) is 6.04 Å². The molecule has 0 aliphatic rings. The molecule has 1 N–H and O–H groups in total. The highest BCUT2D eigenvalue weighted by Crippen LogP contribution is 2.25. The van der Waals surface area contributed by atoms with Crippen LogP contribution in [0.2, 0.25) is 5.02 Å². The van der Waals surface area contributed by atoms with Gasteiger partial charge in [-0.15, -0.1) is 0 Å². The van der Waals surface area contributed by atoms with E-state index in [1.54, 1.807) is 6.07 Å². The van der Waals surface area contributed by atoms with Crippen LogP contribution in [0.25, 0.3) is 0 Å². The van der Waals surface area contributed by atoms with Crippen LogP contribution in [-0.4, -0.2) is 12.6 Å². The lowest BCUT2D eigenvalue weighted by Gasteiger charge is -2.31. The number of aryl methyl sites for hydroxylation is 1. The Labute approximate surface area is 121 Å². The zero-order valence-electron chi connectivity index (χ0n) is 12.4. The number of nitrogens with one attached hydrogen (secondary N) is 1. The van der Waals surface area contributed by atoms with E-state index in [4.69, 9.17) is 11.6 Å². The molecule has 1 atom stereocenters. The Morgan fingerprint density at radius 2 is 2.00 bits per heavy atom. The van der Waals surface area contributed by atoms with E-state index in [-0.39, 0.29) is 16.3 Å². The minimum absolute atomic E-state index is 0.238. The molecule has 0 spiro atoms. The second-order valence-electron chi connectivity index (χ2n) is 6.08. The quantitative estimate of drug-likeness (QED) is 0.790. The van der Waals surface area contributed by atoms with Crippen molar-refractivity contribution >= 4 is 11.6 Å². The molecule has 0 bridgehead atoms. The highest BCUT2D eigenvalue weighted by Gasteiger charge is 2.23. The summed E-state index contributed by atoms with van der Waals surface area (Å²) in [5, 5.41) is 3.80. The zero-order chi connectivity index (χ0) is 14.5. The Hall–Kier alpha value is -0.600. The van der Waals surface area contributed by atoms with Crippen molar-refractivity contribution < 1.29 is 4.39 Å². The molecule has 1 aromatic carbocycles. The zero-order valence-corrected chi connectivity index (χ0v) is 13.1. The largest absolute Gasteiger partial charge is 0.314 e. The molecule has 0 heterocycles. The molecule has 1 aromatic rings. The molecule has 108 valence electrons. The van der Waals surface area contributed by atoms with Crippen LogP contribution in [-0.2, 0) is 6.42 Å². The first-order chi connectivity index (χ1) is 8.86. The van der Waals surface area contributed by atoms with Gasteiger partial charge in [-0.05, 0) is 42.9 Å². The fraction of sp³-hybridized carbons (Fsp3) is 0.625. The van der Waals surface area contributed by atoms with Crippen LogP contribution >= 0.6 is 11.6 Å². The van der Waals surface area contributed by atoms with Crippen molar-refractivity contribution in [3.8, 4) is 0 Å². The standard InChI is InChI=1S/C16H25ClFN/c1-5-19-14(16(2,3)4)11-7-9-12-8-6-10-13(18)15(12)17/h6,8,10,14,19H,5,7,9,11H2,1-4H3. The lowest BCUT2D eigenvalue weighted by molar-refractivity contribution is 0.254. The maximum absolute atomic E-state index is 13.3. The Kier molecular flexibility index (Phi) is 6.28. The minimum Gasteiger partial charge on any atom is -0.314 e. The first-order valence-corrected chi connectivity index (χ1v) is 7.40. The van der Waals surface area contributed by atoms with E-state index in [9.17, 15) is 4.39 Å². The number of benzene rings is 1. The Morgan fingerprint density at radius 3 is 2.58 bits per heavy atom. The van der Waals surface area contributed by atoms with Crippen molar-refractivity contribution in [2.45, 2.75) is 53.0 Å². The van der Waals surface area contributed by atoms with Gasteiger partial charge in [0.05, 0.1) is 5.02 Å². The number of rotatable bonds is 6. The van der Waals surface area contributed by atoms with Crippen LogP contribution in [0.4, 0.5) is 4.39 Å². The predicted octanol–water partition coefficient (Wildman–Crippen LogP) is 4.83. The molecule has 0 amide bonds. The first kappa shape index (κ1) is 16.5. The molecule has 0 saturated heterocycles. The molecule has 1 unspecified atom stereocenters. The Balaban J connectivity index is 2.55. The summed E-state index contributed by atoms with van der Waals surface area (Å²) >= 11 is 5.97. The third-order valence-corrected chi connectivity index (χ3v) is 3.89. The molecule has 1 nitrogen and oxygen atoms in total. The third kappa shape index (κ3) is 5.12. The summed E-state index contributed by atoms with van der Waals surface area (Å²) in [6, 6.07) is 5.51. The summed E-state index contributed by atoms with van der Waals surface area (Å²) < 4.78 is 13.3. The maximum atomic E-state index is 13.3. The van der Waals surface area contributed by atoms with Gasteiger partial charge in [-0.1, -0.05) is 51.4 Å². The maximum Gasteiger partial charge on any atom is 0.142 e. The fourth-order valence-electron chi connectivity index (χ4n) is 2.33. The molecule has 1 rings (SSSR count). The molecular formula is C16H25ClFN. The lowest BCUT2D eigenvalue weighted by atomic mass is 9.83. The van der Waals surface area contributed by atoms with E-state index >= 15 is 0 Å². The highest BCUT2D eigenvalue weighted by atomic mass is 35.5. The van der Waals surface area contributed by atoms with Crippen LogP contribution in [0.1, 0.15) is 46.1 Å². The SMILES string of the molecule is CCNC(CCCc1cccc(F)c1Cl)C(C)(C)C. The lowest BCUT2D eigenvalue weighted by Crippen LogP contribution is -2.40. The minimum atomic E-state index is -0.321. The van der Waals surface area contributed by atoms with E-state index in [2.05, 4.69) is 33.0 Å². The summed E-state index contributed by atoms with van der Waals surface area (Å²) in [5.41, 5.74) is 1.15. The van der Waals surface area contributed by atoms with Crippen LogP contribution in [0, 0.1) is 11.2 Å². The Morgan fingerprint density at radius 1 is 1.32 bits per heavy atom. The van der Waals surface area contributed by atoms with E-state index in [1.165, 1.54) is 6.07 Å². The van der Waals surface area contributed by atoms with Crippen LogP contribution in [0.3, 0.4) is 0 Å².